The first kappa shape index (κ1) is 28.2. The fourth-order valence-corrected chi connectivity index (χ4v) is 3.73. The Morgan fingerprint density at radius 1 is 0.828 bits per heavy atom. The Bertz CT molecular complexity index is 480. The van der Waals surface area contributed by atoms with Crippen LogP contribution in [0.3, 0.4) is 0 Å². The number of allylic oxidation sites excluding steroid dienone is 1. The first-order chi connectivity index (χ1) is 13.8. The summed E-state index contributed by atoms with van der Waals surface area (Å²) in [4.78, 5) is 0. The minimum absolute atomic E-state index is 0. The lowest BCUT2D eigenvalue weighted by atomic mass is 10.0. The lowest BCUT2D eigenvalue weighted by molar-refractivity contribution is -0.699. The molecule has 1 heterocycles. The van der Waals surface area contributed by atoms with Gasteiger partial charge in [0.25, 0.3) is 5.82 Å². The van der Waals surface area contributed by atoms with Crippen molar-refractivity contribution in [3.8, 4) is 0 Å². The molecule has 1 aromatic heterocycles. The highest BCUT2D eigenvalue weighted by Gasteiger charge is 2.12. The Morgan fingerprint density at radius 3 is 1.90 bits per heavy atom. The standard InChI is InChI=1S/C24H45N2O2.ClH/c1-2-3-4-5-6-7-8-9-10-11-12-13-14-15-16-17-24-25(20-22-27)18-19-26(24)21-23-28;/h16-19,27-28H,2-15,20-23H2,1H3;1H/q+1;/p-1. The molecule has 0 aliphatic heterocycles. The number of aliphatic hydroxyl groups excluding tert-OH is 2. The number of nitrogens with zero attached hydrogens (tertiary/aromatic N) is 2. The van der Waals surface area contributed by atoms with Crippen LogP contribution in [0.25, 0.3) is 6.08 Å². The number of imidazole rings is 1. The van der Waals surface area contributed by atoms with E-state index >= 15 is 0 Å². The highest BCUT2D eigenvalue weighted by atomic mass is 35.5. The van der Waals surface area contributed by atoms with Crippen molar-refractivity contribution in [2.75, 3.05) is 13.2 Å². The van der Waals surface area contributed by atoms with Crippen LogP contribution in [0, 0.1) is 0 Å². The summed E-state index contributed by atoms with van der Waals surface area (Å²) in [5, 5.41) is 18.4. The molecule has 170 valence electrons. The first-order valence-corrected chi connectivity index (χ1v) is 11.8. The SMILES string of the molecule is CCCCCCCCCCCCCCCC=Cc1n(CCO)cc[n+]1CCO.[Cl-]. The summed E-state index contributed by atoms with van der Waals surface area (Å²) in [6, 6.07) is 0. The van der Waals surface area contributed by atoms with Crippen molar-refractivity contribution < 1.29 is 27.2 Å². The van der Waals surface area contributed by atoms with Gasteiger partial charge in [0.1, 0.15) is 25.5 Å². The molecule has 0 radical (unpaired) electrons. The van der Waals surface area contributed by atoms with E-state index in [4.69, 9.17) is 0 Å². The van der Waals surface area contributed by atoms with Crippen LogP contribution in [0.5, 0.6) is 0 Å². The number of halogens is 1. The van der Waals surface area contributed by atoms with E-state index in [1.807, 2.05) is 21.5 Å². The van der Waals surface area contributed by atoms with E-state index in [2.05, 4.69) is 19.1 Å². The number of unbranched alkanes of at least 4 members (excludes halogenated alkanes) is 13. The summed E-state index contributed by atoms with van der Waals surface area (Å²) in [6.45, 7) is 3.73. The predicted octanol–water partition coefficient (Wildman–Crippen LogP) is 2.26. The van der Waals surface area contributed by atoms with Crippen molar-refractivity contribution in [1.29, 1.82) is 0 Å². The van der Waals surface area contributed by atoms with E-state index in [1.165, 1.54) is 83.5 Å². The smallest absolute Gasteiger partial charge is 0.281 e. The van der Waals surface area contributed by atoms with Crippen LogP contribution >= 0.6 is 0 Å². The van der Waals surface area contributed by atoms with Gasteiger partial charge in [-0.1, -0.05) is 90.0 Å². The summed E-state index contributed by atoms with van der Waals surface area (Å²) >= 11 is 0. The molecule has 0 saturated heterocycles. The molecule has 4 nitrogen and oxygen atoms in total. The van der Waals surface area contributed by atoms with Crippen molar-refractivity contribution in [2.45, 2.75) is 110 Å². The van der Waals surface area contributed by atoms with Crippen molar-refractivity contribution >= 4 is 6.08 Å². The molecule has 5 heteroatoms. The van der Waals surface area contributed by atoms with E-state index in [1.54, 1.807) is 0 Å². The second-order valence-corrected chi connectivity index (χ2v) is 7.92. The highest BCUT2D eigenvalue weighted by Crippen LogP contribution is 2.13. The third-order valence-corrected chi connectivity index (χ3v) is 5.44. The second-order valence-electron chi connectivity index (χ2n) is 7.92. The molecule has 0 aliphatic carbocycles. The number of aliphatic hydroxyl groups is 2. The average molecular weight is 429 g/mol. The van der Waals surface area contributed by atoms with E-state index in [-0.39, 0.29) is 25.6 Å². The monoisotopic (exact) mass is 428 g/mol. The minimum atomic E-state index is 0. The van der Waals surface area contributed by atoms with Crippen molar-refractivity contribution in [1.82, 2.24) is 4.57 Å². The topological polar surface area (TPSA) is 49.3 Å². The largest absolute Gasteiger partial charge is 1.00 e. The van der Waals surface area contributed by atoms with Gasteiger partial charge in [0.2, 0.25) is 0 Å². The summed E-state index contributed by atoms with van der Waals surface area (Å²) in [5.41, 5.74) is 0. The van der Waals surface area contributed by atoms with Crippen molar-refractivity contribution in [3.63, 3.8) is 0 Å². The van der Waals surface area contributed by atoms with Gasteiger partial charge in [0.15, 0.2) is 0 Å². The lowest BCUT2D eigenvalue weighted by Crippen LogP contribution is -3.00. The Hall–Kier alpha value is -0.840. The number of rotatable bonds is 19. The summed E-state index contributed by atoms with van der Waals surface area (Å²) < 4.78 is 4.08. The van der Waals surface area contributed by atoms with Crippen LogP contribution < -0.4 is 17.0 Å². The third-order valence-electron chi connectivity index (χ3n) is 5.44. The van der Waals surface area contributed by atoms with Gasteiger partial charge in [0, 0.05) is 6.08 Å². The molecule has 0 aromatic carbocycles. The molecule has 0 amide bonds. The van der Waals surface area contributed by atoms with E-state index in [0.717, 1.165) is 12.2 Å². The Kier molecular flexibility index (Phi) is 19.8. The summed E-state index contributed by atoms with van der Waals surface area (Å²) in [7, 11) is 0. The van der Waals surface area contributed by atoms with Gasteiger partial charge in [-0.05, 0) is 12.8 Å². The molecule has 1 rings (SSSR count). The van der Waals surface area contributed by atoms with Crippen LogP contribution in [0.15, 0.2) is 18.5 Å². The van der Waals surface area contributed by atoms with E-state index in [9.17, 15) is 10.2 Å². The summed E-state index contributed by atoms with van der Waals surface area (Å²) in [6.07, 6.45) is 27.4. The molecule has 0 atom stereocenters. The summed E-state index contributed by atoms with van der Waals surface area (Å²) in [5.74, 6) is 1.05. The van der Waals surface area contributed by atoms with Crippen LogP contribution in [0.4, 0.5) is 0 Å². The minimum Gasteiger partial charge on any atom is -1.00 e. The Labute approximate surface area is 185 Å². The first-order valence-electron chi connectivity index (χ1n) is 11.8. The quantitative estimate of drug-likeness (QED) is 0.262. The maximum Gasteiger partial charge on any atom is 0.281 e. The molecule has 0 bridgehead atoms. The number of hydrogen-bond acceptors (Lipinski definition) is 2. The van der Waals surface area contributed by atoms with E-state index < -0.39 is 0 Å². The molecular formula is C24H45ClN2O2. The molecule has 0 saturated carbocycles. The zero-order chi connectivity index (χ0) is 20.3. The number of aromatic nitrogens is 2. The fourth-order valence-electron chi connectivity index (χ4n) is 3.73. The molecule has 0 fully saturated rings. The van der Waals surface area contributed by atoms with Crippen LogP contribution in [0.2, 0.25) is 0 Å². The molecule has 0 aliphatic rings. The van der Waals surface area contributed by atoms with Gasteiger partial charge in [-0.2, -0.15) is 0 Å². The van der Waals surface area contributed by atoms with Gasteiger partial charge in [-0.25, -0.2) is 9.13 Å². The highest BCUT2D eigenvalue weighted by molar-refractivity contribution is 5.37. The zero-order valence-electron chi connectivity index (χ0n) is 18.7. The third kappa shape index (κ3) is 13.9. The Morgan fingerprint density at radius 2 is 1.38 bits per heavy atom. The van der Waals surface area contributed by atoms with Gasteiger partial charge >= 0.3 is 0 Å². The fraction of sp³-hybridized carbons (Fsp3) is 0.792. The number of hydrogen-bond donors (Lipinski definition) is 2. The lowest BCUT2D eigenvalue weighted by Gasteiger charge is -2.02. The molecule has 0 unspecified atom stereocenters. The van der Waals surface area contributed by atoms with Gasteiger partial charge in [-0.15, -0.1) is 0 Å². The molecule has 29 heavy (non-hydrogen) atoms. The normalized spacial score (nSPS) is 11.3. The van der Waals surface area contributed by atoms with Crippen molar-refractivity contribution in [3.05, 3.63) is 24.3 Å². The van der Waals surface area contributed by atoms with Gasteiger partial charge in [-0.3, -0.25) is 0 Å². The van der Waals surface area contributed by atoms with Crippen molar-refractivity contribution in [2.24, 2.45) is 0 Å². The predicted molar refractivity (Wildman–Crippen MR) is 118 cm³/mol. The van der Waals surface area contributed by atoms with Gasteiger partial charge < -0.3 is 22.6 Å². The van der Waals surface area contributed by atoms with E-state index in [0.29, 0.717) is 13.1 Å². The average Bonchev–Trinajstić information content (AvgIpc) is 3.07. The van der Waals surface area contributed by atoms with Crippen LogP contribution in [-0.2, 0) is 13.1 Å². The zero-order valence-corrected chi connectivity index (χ0v) is 19.5. The molecule has 2 N–H and O–H groups in total. The molecular weight excluding hydrogens is 384 g/mol. The molecule has 0 spiro atoms. The van der Waals surface area contributed by atoms with Gasteiger partial charge in [0.05, 0.1) is 13.2 Å². The maximum atomic E-state index is 9.18. The van der Waals surface area contributed by atoms with Crippen LogP contribution in [0.1, 0.15) is 103 Å². The maximum absolute atomic E-state index is 9.18. The Balaban J connectivity index is 0.00000784. The van der Waals surface area contributed by atoms with Crippen LogP contribution in [-0.4, -0.2) is 28.0 Å². The second kappa shape index (κ2) is 20.4. The molecule has 1 aromatic rings.